The van der Waals surface area contributed by atoms with E-state index in [1.807, 2.05) is 0 Å². The normalized spacial score (nSPS) is 10.5. The number of carbonyl (C=O) groups is 1. The number of aromatic carboxylic acids is 1. The van der Waals surface area contributed by atoms with Crippen LogP contribution in [0.15, 0.2) is 30.3 Å². The molecule has 0 saturated carbocycles. The van der Waals surface area contributed by atoms with Crippen LogP contribution in [0, 0.1) is 24.4 Å². The Morgan fingerprint density at radius 2 is 1.81 bits per heavy atom. The molecule has 0 unspecified atom stereocenters. The minimum atomic E-state index is -1.25. The van der Waals surface area contributed by atoms with Crippen molar-refractivity contribution in [1.29, 1.82) is 0 Å². The van der Waals surface area contributed by atoms with Gasteiger partial charge in [0.1, 0.15) is 5.82 Å². The number of benzene rings is 2. The van der Waals surface area contributed by atoms with E-state index in [-0.39, 0.29) is 17.7 Å². The van der Waals surface area contributed by atoms with Gasteiger partial charge in [-0.3, -0.25) is 0 Å². The van der Waals surface area contributed by atoms with E-state index in [0.717, 1.165) is 6.07 Å². The molecule has 0 atom stereocenters. The molecule has 0 saturated heterocycles. The fourth-order valence-corrected chi connectivity index (χ4v) is 1.95. The van der Waals surface area contributed by atoms with E-state index in [4.69, 9.17) is 5.11 Å². The second kappa shape index (κ2) is 5.87. The lowest BCUT2D eigenvalue weighted by Crippen LogP contribution is -2.07. The third-order valence-electron chi connectivity index (χ3n) is 3.12. The molecule has 2 N–H and O–H groups in total. The summed E-state index contributed by atoms with van der Waals surface area (Å²) in [6, 6.07) is 5.86. The second-order valence-corrected chi connectivity index (χ2v) is 4.49. The summed E-state index contributed by atoms with van der Waals surface area (Å²) >= 11 is 0. The molecule has 0 aliphatic carbocycles. The molecule has 0 fully saturated rings. The van der Waals surface area contributed by atoms with Crippen molar-refractivity contribution in [3.63, 3.8) is 0 Å². The number of carboxylic acid groups (broad SMARTS) is 1. The Kier molecular flexibility index (Phi) is 4.16. The van der Waals surface area contributed by atoms with Crippen LogP contribution < -0.4 is 5.32 Å². The maximum absolute atomic E-state index is 13.5. The van der Waals surface area contributed by atoms with Crippen LogP contribution in [0.1, 0.15) is 21.5 Å². The molecule has 2 aromatic rings. The molecule has 21 heavy (non-hydrogen) atoms. The number of rotatable bonds is 4. The summed E-state index contributed by atoms with van der Waals surface area (Å²) < 4.78 is 39.4. The summed E-state index contributed by atoms with van der Waals surface area (Å²) in [7, 11) is 0. The molecular formula is C15H12F3NO2. The van der Waals surface area contributed by atoms with Gasteiger partial charge in [-0.05, 0) is 30.7 Å². The first kappa shape index (κ1) is 14.9. The van der Waals surface area contributed by atoms with Crippen LogP contribution in [-0.2, 0) is 6.54 Å². The zero-order chi connectivity index (χ0) is 15.6. The van der Waals surface area contributed by atoms with Gasteiger partial charge in [-0.15, -0.1) is 0 Å². The van der Waals surface area contributed by atoms with E-state index in [2.05, 4.69) is 5.32 Å². The van der Waals surface area contributed by atoms with Gasteiger partial charge in [0.05, 0.1) is 5.56 Å². The topological polar surface area (TPSA) is 49.3 Å². The number of carboxylic acids is 1. The van der Waals surface area contributed by atoms with E-state index in [0.29, 0.717) is 17.3 Å². The van der Waals surface area contributed by atoms with Crippen LogP contribution in [0.5, 0.6) is 0 Å². The number of nitrogens with one attached hydrogen (secondary N) is 1. The Balaban J connectivity index is 2.23. The maximum Gasteiger partial charge on any atom is 0.336 e. The fraction of sp³-hybridized carbons (Fsp3) is 0.133. The lowest BCUT2D eigenvalue weighted by atomic mass is 10.1. The van der Waals surface area contributed by atoms with Crippen molar-refractivity contribution in [2.24, 2.45) is 0 Å². The minimum Gasteiger partial charge on any atom is -0.478 e. The maximum atomic E-state index is 13.5. The molecule has 0 amide bonds. The first-order valence-corrected chi connectivity index (χ1v) is 6.10. The molecule has 110 valence electrons. The zero-order valence-electron chi connectivity index (χ0n) is 11.1. The average Bonchev–Trinajstić information content (AvgIpc) is 2.42. The largest absolute Gasteiger partial charge is 0.478 e. The summed E-state index contributed by atoms with van der Waals surface area (Å²) in [4.78, 5) is 11.0. The van der Waals surface area contributed by atoms with Gasteiger partial charge < -0.3 is 10.4 Å². The summed E-state index contributed by atoms with van der Waals surface area (Å²) in [5.41, 5.74) is 1.03. The highest BCUT2D eigenvalue weighted by Gasteiger charge is 2.12. The molecule has 6 heteroatoms. The van der Waals surface area contributed by atoms with Crippen molar-refractivity contribution >= 4 is 11.7 Å². The highest BCUT2D eigenvalue weighted by atomic mass is 19.2. The molecule has 0 aromatic heterocycles. The van der Waals surface area contributed by atoms with Crippen molar-refractivity contribution in [2.45, 2.75) is 13.5 Å². The third kappa shape index (κ3) is 3.16. The zero-order valence-corrected chi connectivity index (χ0v) is 11.1. The van der Waals surface area contributed by atoms with Crippen molar-refractivity contribution in [2.75, 3.05) is 5.32 Å². The molecule has 3 nitrogen and oxygen atoms in total. The van der Waals surface area contributed by atoms with Gasteiger partial charge >= 0.3 is 5.97 Å². The van der Waals surface area contributed by atoms with Crippen LogP contribution in [-0.4, -0.2) is 11.1 Å². The van der Waals surface area contributed by atoms with Crippen molar-refractivity contribution in [3.8, 4) is 0 Å². The highest BCUT2D eigenvalue weighted by Crippen LogP contribution is 2.21. The Labute approximate surface area is 119 Å². The Morgan fingerprint density at radius 3 is 2.48 bits per heavy atom. The predicted molar refractivity (Wildman–Crippen MR) is 71.8 cm³/mol. The third-order valence-corrected chi connectivity index (χ3v) is 3.12. The molecule has 0 radical (unpaired) electrons. The molecule has 2 rings (SSSR count). The van der Waals surface area contributed by atoms with Crippen LogP contribution in [0.2, 0.25) is 0 Å². The van der Waals surface area contributed by atoms with Gasteiger partial charge in [-0.25, -0.2) is 18.0 Å². The van der Waals surface area contributed by atoms with Crippen molar-refractivity contribution in [1.82, 2.24) is 0 Å². The number of anilines is 1. The molecule has 0 aliphatic rings. The summed E-state index contributed by atoms with van der Waals surface area (Å²) in [6.45, 7) is 1.51. The number of halogens is 3. The monoisotopic (exact) mass is 295 g/mol. The predicted octanol–water partition coefficient (Wildman–Crippen LogP) is 3.72. The molecule has 2 aromatic carbocycles. The Bertz CT molecular complexity index is 702. The van der Waals surface area contributed by atoms with Crippen LogP contribution in [0.25, 0.3) is 0 Å². The molecule has 0 bridgehead atoms. The highest BCUT2D eigenvalue weighted by molar-refractivity contribution is 5.91. The standard InChI is InChI=1S/C15H12F3NO2/c1-8-10(15(20)21)3-2-4-14(8)19-7-9-5-12(17)13(18)6-11(9)16/h2-6,19H,7H2,1H3,(H,20,21). The fourth-order valence-electron chi connectivity index (χ4n) is 1.95. The van der Waals surface area contributed by atoms with E-state index in [1.165, 1.54) is 6.07 Å². The van der Waals surface area contributed by atoms with Crippen molar-refractivity contribution < 1.29 is 23.1 Å². The van der Waals surface area contributed by atoms with E-state index in [9.17, 15) is 18.0 Å². The molecular weight excluding hydrogens is 283 g/mol. The smallest absolute Gasteiger partial charge is 0.336 e. The molecule has 0 spiro atoms. The molecule has 0 aliphatic heterocycles. The van der Waals surface area contributed by atoms with E-state index in [1.54, 1.807) is 19.1 Å². The van der Waals surface area contributed by atoms with Gasteiger partial charge in [-0.2, -0.15) is 0 Å². The first-order chi connectivity index (χ1) is 9.90. The van der Waals surface area contributed by atoms with Gasteiger partial charge in [0.15, 0.2) is 11.6 Å². The Morgan fingerprint density at radius 1 is 1.14 bits per heavy atom. The van der Waals surface area contributed by atoms with Gasteiger partial charge in [-0.1, -0.05) is 6.07 Å². The first-order valence-electron chi connectivity index (χ1n) is 6.10. The van der Waals surface area contributed by atoms with Gasteiger partial charge in [0, 0.05) is 23.9 Å². The number of hydrogen-bond acceptors (Lipinski definition) is 2. The van der Waals surface area contributed by atoms with Crippen molar-refractivity contribution in [3.05, 3.63) is 64.5 Å². The lowest BCUT2D eigenvalue weighted by Gasteiger charge is -2.12. The SMILES string of the molecule is Cc1c(NCc2cc(F)c(F)cc2F)cccc1C(=O)O. The van der Waals surface area contributed by atoms with Crippen LogP contribution in [0.4, 0.5) is 18.9 Å². The quantitative estimate of drug-likeness (QED) is 0.845. The molecule has 0 heterocycles. The lowest BCUT2D eigenvalue weighted by molar-refractivity contribution is 0.0696. The minimum absolute atomic E-state index is 0.0472. The summed E-state index contributed by atoms with van der Waals surface area (Å²) in [5.74, 6) is -4.33. The average molecular weight is 295 g/mol. The summed E-state index contributed by atoms with van der Waals surface area (Å²) in [6.07, 6.45) is 0. The second-order valence-electron chi connectivity index (χ2n) is 4.49. The van der Waals surface area contributed by atoms with E-state index >= 15 is 0 Å². The van der Waals surface area contributed by atoms with Crippen LogP contribution in [0.3, 0.4) is 0 Å². The van der Waals surface area contributed by atoms with Crippen LogP contribution >= 0.6 is 0 Å². The summed E-state index contributed by atoms with van der Waals surface area (Å²) in [5, 5.41) is 11.8. The number of hydrogen-bond donors (Lipinski definition) is 2. The van der Waals surface area contributed by atoms with Gasteiger partial charge in [0.2, 0.25) is 0 Å². The Hall–Kier alpha value is -2.50. The van der Waals surface area contributed by atoms with E-state index < -0.39 is 23.4 Å². The van der Waals surface area contributed by atoms with Gasteiger partial charge in [0.25, 0.3) is 0 Å².